The number of sulfonamides is 1. The summed E-state index contributed by atoms with van der Waals surface area (Å²) in [5, 5.41) is 30.8. The third kappa shape index (κ3) is 11.5. The summed E-state index contributed by atoms with van der Waals surface area (Å²) in [6, 6.07) is 8.94. The van der Waals surface area contributed by atoms with Gasteiger partial charge in [-0.15, -0.1) is 0 Å². The molecule has 2 aromatic rings. The summed E-state index contributed by atoms with van der Waals surface area (Å²) in [6.45, 7) is 10.8. The number of rotatable bonds is 17. The van der Waals surface area contributed by atoms with Crippen molar-refractivity contribution in [2.24, 2.45) is 11.1 Å². The second-order valence-corrected chi connectivity index (χ2v) is 12.8. The number of carbonyl (C=O) groups is 3. The topological polar surface area (TPSA) is 182 Å². The first-order valence-corrected chi connectivity index (χ1v) is 16.5. The number of amides is 3. The number of aliphatic hydroxyl groups excluding tert-OH is 1. The molecule has 0 saturated carbocycles. The van der Waals surface area contributed by atoms with E-state index >= 15 is 0 Å². The van der Waals surface area contributed by atoms with Crippen LogP contribution in [0, 0.1) is 5.92 Å². The van der Waals surface area contributed by atoms with Crippen LogP contribution in [-0.4, -0.2) is 84.6 Å². The van der Waals surface area contributed by atoms with E-state index in [-0.39, 0.29) is 46.6 Å². The molecule has 0 saturated heterocycles. The van der Waals surface area contributed by atoms with Gasteiger partial charge in [-0.3, -0.25) is 19.8 Å². The van der Waals surface area contributed by atoms with E-state index in [1.807, 2.05) is 34.6 Å². The minimum Gasteiger partial charge on any atom is -0.508 e. The quantitative estimate of drug-likeness (QED) is 0.165. The van der Waals surface area contributed by atoms with Gasteiger partial charge in [-0.1, -0.05) is 46.8 Å². The normalized spacial score (nSPS) is 13.0. The number of benzene rings is 2. The Morgan fingerprint density at radius 2 is 1.55 bits per heavy atom. The average molecular weight is 634 g/mol. The molecule has 0 aliphatic carbocycles. The van der Waals surface area contributed by atoms with Crippen molar-refractivity contribution in [3.05, 3.63) is 59.2 Å². The fraction of sp³-hybridized carbons (Fsp3) is 0.516. The minimum atomic E-state index is -4.27. The zero-order chi connectivity index (χ0) is 33.0. The fourth-order valence-corrected chi connectivity index (χ4v) is 5.26. The highest BCUT2D eigenvalue weighted by Crippen LogP contribution is 2.19. The number of carbonyl (C=O) groups excluding carboxylic acids is 3. The SMILES string of the molecule is CCCN(CCC)C(=O)c1cc(C(=O)NC(Cc2ccc(O)cc2)C(O)CN(CC)NC(=O)CC(C)C)cc(S(N)(=O)=O)c1. The Morgan fingerprint density at radius 1 is 0.955 bits per heavy atom. The van der Waals surface area contributed by atoms with Crippen LogP contribution >= 0.6 is 0 Å². The molecule has 0 aliphatic rings. The summed E-state index contributed by atoms with van der Waals surface area (Å²) < 4.78 is 24.7. The van der Waals surface area contributed by atoms with E-state index in [4.69, 9.17) is 5.14 Å². The number of nitrogens with two attached hydrogens (primary N) is 1. The van der Waals surface area contributed by atoms with Gasteiger partial charge >= 0.3 is 0 Å². The van der Waals surface area contributed by atoms with Gasteiger partial charge in [0.05, 0.1) is 17.0 Å². The number of aromatic hydroxyl groups is 1. The van der Waals surface area contributed by atoms with Crippen molar-refractivity contribution in [1.29, 1.82) is 0 Å². The lowest BCUT2D eigenvalue weighted by atomic mass is 9.99. The summed E-state index contributed by atoms with van der Waals surface area (Å²) in [5.74, 6) is -1.16. The van der Waals surface area contributed by atoms with Crippen LogP contribution in [0.15, 0.2) is 47.4 Å². The maximum absolute atomic E-state index is 13.6. The molecule has 12 nitrogen and oxygen atoms in total. The van der Waals surface area contributed by atoms with Gasteiger partial charge in [-0.2, -0.15) is 0 Å². The van der Waals surface area contributed by atoms with Crippen molar-refractivity contribution < 1.29 is 33.0 Å². The smallest absolute Gasteiger partial charge is 0.253 e. The Morgan fingerprint density at radius 3 is 2.07 bits per heavy atom. The van der Waals surface area contributed by atoms with Crippen molar-refractivity contribution in [1.82, 2.24) is 20.7 Å². The van der Waals surface area contributed by atoms with Gasteiger partial charge in [0.15, 0.2) is 0 Å². The second kappa shape index (κ2) is 17.1. The van der Waals surface area contributed by atoms with Crippen LogP contribution in [0.2, 0.25) is 0 Å². The highest BCUT2D eigenvalue weighted by molar-refractivity contribution is 7.89. The van der Waals surface area contributed by atoms with Gasteiger partial charge < -0.3 is 20.4 Å². The van der Waals surface area contributed by atoms with Crippen LogP contribution < -0.4 is 15.9 Å². The molecule has 0 bridgehead atoms. The van der Waals surface area contributed by atoms with Crippen LogP contribution in [-0.2, 0) is 21.2 Å². The summed E-state index contributed by atoms with van der Waals surface area (Å²) >= 11 is 0. The number of hydrazine groups is 1. The largest absolute Gasteiger partial charge is 0.508 e. The number of aliphatic hydroxyl groups is 1. The van der Waals surface area contributed by atoms with Crippen molar-refractivity contribution in [3.8, 4) is 5.75 Å². The molecule has 244 valence electrons. The zero-order valence-corrected chi connectivity index (χ0v) is 27.1. The van der Waals surface area contributed by atoms with Crippen LogP contribution in [0.3, 0.4) is 0 Å². The van der Waals surface area contributed by atoms with E-state index in [2.05, 4.69) is 10.7 Å². The molecule has 13 heteroatoms. The van der Waals surface area contributed by atoms with Gasteiger partial charge in [-0.25, -0.2) is 18.6 Å². The Balaban J connectivity index is 2.44. The molecule has 0 fully saturated rings. The molecule has 0 heterocycles. The van der Waals surface area contributed by atoms with Crippen LogP contribution in [0.25, 0.3) is 0 Å². The number of primary sulfonamides is 1. The molecule has 44 heavy (non-hydrogen) atoms. The zero-order valence-electron chi connectivity index (χ0n) is 26.2. The van der Waals surface area contributed by atoms with Crippen LogP contribution in [0.1, 0.15) is 80.2 Å². The van der Waals surface area contributed by atoms with Gasteiger partial charge in [0, 0.05) is 43.7 Å². The van der Waals surface area contributed by atoms with E-state index in [9.17, 15) is 33.0 Å². The van der Waals surface area contributed by atoms with Gasteiger partial charge in [0.1, 0.15) is 5.75 Å². The lowest BCUT2D eigenvalue weighted by Crippen LogP contribution is -2.53. The van der Waals surface area contributed by atoms with E-state index in [0.29, 0.717) is 44.5 Å². The lowest BCUT2D eigenvalue weighted by molar-refractivity contribution is -0.127. The molecule has 2 aromatic carbocycles. The van der Waals surface area contributed by atoms with Crippen molar-refractivity contribution in [3.63, 3.8) is 0 Å². The number of nitrogens with zero attached hydrogens (tertiary/aromatic N) is 2. The first-order valence-electron chi connectivity index (χ1n) is 15.0. The molecule has 2 atom stereocenters. The Bertz CT molecular complexity index is 1360. The molecule has 6 N–H and O–H groups in total. The Hall–Kier alpha value is -3.52. The van der Waals surface area contributed by atoms with Crippen molar-refractivity contribution in [2.75, 3.05) is 26.2 Å². The van der Waals surface area contributed by atoms with E-state index < -0.39 is 34.0 Å². The maximum atomic E-state index is 13.6. The molecule has 3 amide bonds. The summed E-state index contributed by atoms with van der Waals surface area (Å²) in [7, 11) is -4.27. The number of hydrogen-bond donors (Lipinski definition) is 5. The number of hydrogen-bond acceptors (Lipinski definition) is 8. The lowest BCUT2D eigenvalue weighted by Gasteiger charge is -2.30. The monoisotopic (exact) mass is 633 g/mol. The van der Waals surface area contributed by atoms with E-state index in [0.717, 1.165) is 12.1 Å². The molecule has 0 aliphatic heterocycles. The number of nitrogens with one attached hydrogen (secondary N) is 2. The van der Waals surface area contributed by atoms with Gasteiger partial charge in [0.25, 0.3) is 11.8 Å². The summed E-state index contributed by atoms with van der Waals surface area (Å²) in [5.41, 5.74) is 3.37. The molecule has 0 aromatic heterocycles. The maximum Gasteiger partial charge on any atom is 0.253 e. The highest BCUT2D eigenvalue weighted by atomic mass is 32.2. The third-order valence-electron chi connectivity index (χ3n) is 6.86. The standard InChI is InChI=1S/C31H47N5O7S/c1-6-13-35(14-7-2)31(41)24-17-23(18-26(19-24)44(32,42)43)30(40)33-27(16-22-9-11-25(37)12-10-22)28(38)20-36(8-3)34-29(39)15-21(4)5/h9-12,17-19,21,27-28,37-38H,6-8,13-16,20H2,1-5H3,(H,33,40)(H,34,39)(H2,32,42,43). The first-order chi connectivity index (χ1) is 20.7. The van der Waals surface area contributed by atoms with Crippen molar-refractivity contribution in [2.45, 2.75) is 77.3 Å². The van der Waals surface area contributed by atoms with E-state index in [1.165, 1.54) is 18.2 Å². The minimum absolute atomic E-state index is 0.00392. The fourth-order valence-electron chi connectivity index (χ4n) is 4.68. The van der Waals surface area contributed by atoms with Crippen molar-refractivity contribution >= 4 is 27.7 Å². The third-order valence-corrected chi connectivity index (χ3v) is 7.75. The highest BCUT2D eigenvalue weighted by Gasteiger charge is 2.27. The van der Waals surface area contributed by atoms with E-state index in [1.54, 1.807) is 22.0 Å². The molecule has 2 rings (SSSR count). The Kier molecular flexibility index (Phi) is 14.2. The number of phenolic OH excluding ortho intramolecular Hbond substituents is 1. The van der Waals surface area contributed by atoms with Gasteiger partial charge in [0.2, 0.25) is 15.9 Å². The summed E-state index contributed by atoms with van der Waals surface area (Å²) in [6.07, 6.45) is 0.649. The first kappa shape index (κ1) is 36.7. The molecule has 2 unspecified atom stereocenters. The second-order valence-electron chi connectivity index (χ2n) is 11.3. The molecule has 0 spiro atoms. The molecular formula is C31H47N5O7S. The predicted octanol–water partition coefficient (Wildman–Crippen LogP) is 2.40. The average Bonchev–Trinajstić information content (AvgIpc) is 2.95. The number of phenols is 1. The number of likely N-dealkylation sites (N-methyl/N-ethyl adjacent to an activating group) is 1. The Labute approximate surface area is 260 Å². The van der Waals surface area contributed by atoms with Crippen LogP contribution in [0.4, 0.5) is 0 Å². The molecular weight excluding hydrogens is 586 g/mol. The molecule has 0 radical (unpaired) electrons. The predicted molar refractivity (Wildman–Crippen MR) is 168 cm³/mol. The van der Waals surface area contributed by atoms with Gasteiger partial charge in [-0.05, 0) is 61.1 Å². The summed E-state index contributed by atoms with van der Waals surface area (Å²) in [4.78, 5) is 40.5. The van der Waals surface area contributed by atoms with Crippen LogP contribution in [0.5, 0.6) is 5.75 Å².